The average molecular weight is 305 g/mol. The Morgan fingerprint density at radius 1 is 0.957 bits per heavy atom. The molecular formula is C19H19N3O. The number of anilines is 1. The first kappa shape index (κ1) is 14.0. The number of rotatable bonds is 3. The van der Waals surface area contributed by atoms with Crippen molar-refractivity contribution in [2.45, 2.75) is 19.8 Å². The minimum absolute atomic E-state index is 0.571. The van der Waals surface area contributed by atoms with Crippen LogP contribution in [0.4, 0.5) is 5.69 Å². The minimum atomic E-state index is 0.571. The van der Waals surface area contributed by atoms with Gasteiger partial charge in [-0.1, -0.05) is 23.4 Å². The van der Waals surface area contributed by atoms with Crippen LogP contribution >= 0.6 is 0 Å². The molecule has 0 N–H and O–H groups in total. The molecule has 1 saturated heterocycles. The Morgan fingerprint density at radius 3 is 2.43 bits per heavy atom. The van der Waals surface area contributed by atoms with E-state index in [0.29, 0.717) is 11.7 Å². The van der Waals surface area contributed by atoms with Crippen LogP contribution in [0.3, 0.4) is 0 Å². The Bertz CT molecular complexity index is 801. The molecule has 1 aliphatic rings. The summed E-state index contributed by atoms with van der Waals surface area (Å²) in [6.45, 7) is 4.35. The number of nitrogens with zero attached hydrogens (tertiary/aromatic N) is 3. The van der Waals surface area contributed by atoms with Crippen LogP contribution in [0.5, 0.6) is 0 Å². The first-order chi connectivity index (χ1) is 11.3. The van der Waals surface area contributed by atoms with Crippen molar-refractivity contribution in [2.24, 2.45) is 0 Å². The maximum atomic E-state index is 5.44. The third-order valence-electron chi connectivity index (χ3n) is 4.40. The van der Waals surface area contributed by atoms with Gasteiger partial charge in [0, 0.05) is 29.9 Å². The molecule has 0 radical (unpaired) electrons. The van der Waals surface area contributed by atoms with Gasteiger partial charge >= 0.3 is 0 Å². The van der Waals surface area contributed by atoms with Crippen LogP contribution < -0.4 is 4.90 Å². The van der Waals surface area contributed by atoms with Crippen molar-refractivity contribution in [1.29, 1.82) is 0 Å². The number of benzene rings is 2. The molecule has 1 fully saturated rings. The van der Waals surface area contributed by atoms with E-state index < -0.39 is 0 Å². The fraction of sp³-hybridized carbons (Fsp3) is 0.263. The first-order valence-corrected chi connectivity index (χ1v) is 8.06. The summed E-state index contributed by atoms with van der Waals surface area (Å²) in [6, 6.07) is 16.5. The summed E-state index contributed by atoms with van der Waals surface area (Å²) in [4.78, 5) is 6.96. The smallest absolute Gasteiger partial charge is 0.258 e. The topological polar surface area (TPSA) is 42.2 Å². The van der Waals surface area contributed by atoms with Crippen LogP contribution in [0, 0.1) is 6.92 Å². The van der Waals surface area contributed by atoms with Crippen LogP contribution in [0.15, 0.2) is 53.1 Å². The zero-order valence-electron chi connectivity index (χ0n) is 13.2. The van der Waals surface area contributed by atoms with Gasteiger partial charge in [0.1, 0.15) is 0 Å². The van der Waals surface area contributed by atoms with Gasteiger partial charge in [0.15, 0.2) is 0 Å². The van der Waals surface area contributed by atoms with E-state index in [4.69, 9.17) is 4.52 Å². The number of aryl methyl sites for hydroxylation is 1. The van der Waals surface area contributed by atoms with E-state index in [1.165, 1.54) is 18.5 Å². The standard InChI is InChI=1S/C19H19N3O/c1-14-6-2-3-7-17(14)19-20-18(21-23-19)15-8-10-16(11-9-15)22-12-4-5-13-22/h2-3,6-11H,4-5,12-13H2,1H3. The summed E-state index contributed by atoms with van der Waals surface area (Å²) in [6.07, 6.45) is 2.57. The van der Waals surface area contributed by atoms with Gasteiger partial charge in [-0.15, -0.1) is 0 Å². The van der Waals surface area contributed by atoms with E-state index in [-0.39, 0.29) is 0 Å². The van der Waals surface area contributed by atoms with Gasteiger partial charge in [0.25, 0.3) is 5.89 Å². The molecule has 23 heavy (non-hydrogen) atoms. The lowest BCUT2D eigenvalue weighted by Crippen LogP contribution is -2.17. The largest absolute Gasteiger partial charge is 0.372 e. The molecule has 0 unspecified atom stereocenters. The molecule has 0 bridgehead atoms. The summed E-state index contributed by atoms with van der Waals surface area (Å²) in [5.41, 5.74) is 4.37. The lowest BCUT2D eigenvalue weighted by Gasteiger charge is -2.17. The van der Waals surface area contributed by atoms with Gasteiger partial charge in [-0.3, -0.25) is 0 Å². The molecule has 3 aromatic rings. The highest BCUT2D eigenvalue weighted by Gasteiger charge is 2.14. The molecule has 1 aromatic heterocycles. The van der Waals surface area contributed by atoms with Crippen LogP contribution in [-0.4, -0.2) is 23.2 Å². The van der Waals surface area contributed by atoms with Crippen molar-refractivity contribution < 1.29 is 4.52 Å². The van der Waals surface area contributed by atoms with Crippen molar-refractivity contribution in [1.82, 2.24) is 10.1 Å². The molecule has 2 aromatic carbocycles. The maximum Gasteiger partial charge on any atom is 0.258 e. The summed E-state index contributed by atoms with van der Waals surface area (Å²) in [7, 11) is 0. The second-order valence-corrected chi connectivity index (χ2v) is 5.98. The molecule has 4 heteroatoms. The third-order valence-corrected chi connectivity index (χ3v) is 4.40. The summed E-state index contributed by atoms with van der Waals surface area (Å²) in [5, 5.41) is 4.13. The molecular weight excluding hydrogens is 286 g/mol. The minimum Gasteiger partial charge on any atom is -0.372 e. The van der Waals surface area contributed by atoms with E-state index in [1.54, 1.807) is 0 Å². The Hall–Kier alpha value is -2.62. The zero-order chi connectivity index (χ0) is 15.6. The van der Waals surface area contributed by atoms with E-state index in [2.05, 4.69) is 39.3 Å². The lowest BCUT2D eigenvalue weighted by molar-refractivity contribution is 0.432. The molecule has 0 atom stereocenters. The van der Waals surface area contributed by atoms with Crippen LogP contribution in [0.2, 0.25) is 0 Å². The average Bonchev–Trinajstić information content (AvgIpc) is 3.27. The fourth-order valence-corrected chi connectivity index (χ4v) is 3.06. The highest BCUT2D eigenvalue weighted by molar-refractivity contribution is 5.64. The van der Waals surface area contributed by atoms with Crippen LogP contribution in [-0.2, 0) is 0 Å². The van der Waals surface area contributed by atoms with Crippen molar-refractivity contribution >= 4 is 5.69 Å². The SMILES string of the molecule is Cc1ccccc1-c1nc(-c2ccc(N3CCCC3)cc2)no1. The fourth-order valence-electron chi connectivity index (χ4n) is 3.06. The van der Waals surface area contributed by atoms with Gasteiger partial charge in [0.05, 0.1) is 0 Å². The predicted octanol–water partition coefficient (Wildman–Crippen LogP) is 4.31. The summed E-state index contributed by atoms with van der Waals surface area (Å²) < 4.78 is 5.44. The zero-order valence-corrected chi connectivity index (χ0v) is 13.2. The monoisotopic (exact) mass is 305 g/mol. The van der Waals surface area contributed by atoms with Crippen molar-refractivity contribution in [3.8, 4) is 22.8 Å². The lowest BCUT2D eigenvalue weighted by atomic mass is 10.1. The number of aromatic nitrogens is 2. The van der Waals surface area contributed by atoms with E-state index >= 15 is 0 Å². The molecule has 116 valence electrons. The van der Waals surface area contributed by atoms with Gasteiger partial charge < -0.3 is 9.42 Å². The van der Waals surface area contributed by atoms with E-state index in [9.17, 15) is 0 Å². The van der Waals surface area contributed by atoms with Crippen molar-refractivity contribution in [3.63, 3.8) is 0 Å². The molecule has 0 aliphatic carbocycles. The van der Waals surface area contributed by atoms with Crippen molar-refractivity contribution in [3.05, 3.63) is 54.1 Å². The molecule has 0 saturated carbocycles. The number of hydrogen-bond acceptors (Lipinski definition) is 4. The first-order valence-electron chi connectivity index (χ1n) is 8.06. The Kier molecular flexibility index (Phi) is 3.58. The molecule has 0 spiro atoms. The Balaban J connectivity index is 1.60. The summed E-state index contributed by atoms with van der Waals surface area (Å²) in [5.74, 6) is 1.21. The van der Waals surface area contributed by atoms with Crippen molar-refractivity contribution in [2.75, 3.05) is 18.0 Å². The highest BCUT2D eigenvalue weighted by Crippen LogP contribution is 2.27. The second kappa shape index (κ2) is 5.88. The molecule has 4 rings (SSSR count). The van der Waals surface area contributed by atoms with E-state index in [0.717, 1.165) is 29.8 Å². The van der Waals surface area contributed by atoms with Gasteiger partial charge in [0.2, 0.25) is 5.82 Å². The Morgan fingerprint density at radius 2 is 1.70 bits per heavy atom. The molecule has 1 aliphatic heterocycles. The molecule has 4 nitrogen and oxygen atoms in total. The van der Waals surface area contributed by atoms with E-state index in [1.807, 2.05) is 31.2 Å². The van der Waals surface area contributed by atoms with Gasteiger partial charge in [-0.05, 0) is 55.7 Å². The van der Waals surface area contributed by atoms with Crippen LogP contribution in [0.1, 0.15) is 18.4 Å². The van der Waals surface area contributed by atoms with Crippen LogP contribution in [0.25, 0.3) is 22.8 Å². The normalized spacial score (nSPS) is 14.4. The molecule has 2 heterocycles. The number of hydrogen-bond donors (Lipinski definition) is 0. The molecule has 0 amide bonds. The van der Waals surface area contributed by atoms with Gasteiger partial charge in [-0.25, -0.2) is 0 Å². The maximum absolute atomic E-state index is 5.44. The third kappa shape index (κ3) is 2.72. The quantitative estimate of drug-likeness (QED) is 0.723. The second-order valence-electron chi connectivity index (χ2n) is 5.98. The predicted molar refractivity (Wildman–Crippen MR) is 91.4 cm³/mol. The Labute approximate surface area is 135 Å². The summed E-state index contributed by atoms with van der Waals surface area (Å²) >= 11 is 0. The van der Waals surface area contributed by atoms with Gasteiger partial charge in [-0.2, -0.15) is 4.98 Å². The highest BCUT2D eigenvalue weighted by atomic mass is 16.5.